The number of allylic oxidation sites excluding steroid dienone is 2. The van der Waals surface area contributed by atoms with Crippen molar-refractivity contribution in [2.75, 3.05) is 6.67 Å². The van der Waals surface area contributed by atoms with E-state index >= 15 is 0 Å². The van der Waals surface area contributed by atoms with Crippen LogP contribution in [0, 0.1) is 0 Å². The van der Waals surface area contributed by atoms with Gasteiger partial charge in [-0.2, -0.15) is 8.78 Å². The Kier molecular flexibility index (Phi) is 8.01. The maximum absolute atomic E-state index is 12.0. The van der Waals surface area contributed by atoms with Gasteiger partial charge in [0.25, 0.3) is 0 Å². The smallest absolute Gasteiger partial charge is 0.301 e. The van der Waals surface area contributed by atoms with E-state index < -0.39 is 24.2 Å². The highest BCUT2D eigenvalue weighted by atomic mass is 19.3. The van der Waals surface area contributed by atoms with Crippen LogP contribution in [0.4, 0.5) is 17.6 Å². The molecule has 0 unspecified atom stereocenters. The van der Waals surface area contributed by atoms with Crippen LogP contribution in [0.25, 0.3) is 0 Å². The van der Waals surface area contributed by atoms with Gasteiger partial charge in [0.1, 0.15) is 12.3 Å². The molecule has 0 amide bonds. The Morgan fingerprint density at radius 3 is 1.60 bits per heavy atom. The number of halogens is 4. The Bertz CT molecular complexity index is 216. The molecule has 0 aromatic carbocycles. The Morgan fingerprint density at radius 1 is 1.20 bits per heavy atom. The second kappa shape index (κ2) is 7.31. The summed E-state index contributed by atoms with van der Waals surface area (Å²) in [5, 5.41) is 0. The zero-order valence-corrected chi connectivity index (χ0v) is 9.33. The van der Waals surface area contributed by atoms with E-state index in [2.05, 4.69) is 6.58 Å². The van der Waals surface area contributed by atoms with Crippen molar-refractivity contribution < 1.29 is 22.3 Å². The van der Waals surface area contributed by atoms with Gasteiger partial charge in [-0.25, -0.2) is 8.78 Å². The Hall–Kier alpha value is -1.00. The highest BCUT2D eigenvalue weighted by molar-refractivity contribution is 4.84. The molecule has 0 atom stereocenters. The number of hydrogen-bond donors (Lipinski definition) is 0. The van der Waals surface area contributed by atoms with Crippen LogP contribution >= 0.6 is 0 Å². The first-order valence-corrected chi connectivity index (χ1v) is 4.20. The fraction of sp³-hybridized carbons (Fsp3) is 0.600. The minimum absolute atomic E-state index is 0.486. The van der Waals surface area contributed by atoms with E-state index in [4.69, 9.17) is 4.74 Å². The standard InChI is InChI=1S/C7H13FO.C3H3F3/c1-6(2)9-7(3,4)5-8;1-2(4)3(5)6/h1,5H2,2-4H3;1H3. The molecule has 0 heterocycles. The van der Waals surface area contributed by atoms with Gasteiger partial charge in [0.2, 0.25) is 0 Å². The second-order valence-corrected chi connectivity index (χ2v) is 3.49. The van der Waals surface area contributed by atoms with Gasteiger partial charge in [-0.15, -0.1) is 0 Å². The summed E-state index contributed by atoms with van der Waals surface area (Å²) in [4.78, 5) is 0. The van der Waals surface area contributed by atoms with Crippen molar-refractivity contribution >= 4 is 0 Å². The maximum Gasteiger partial charge on any atom is 0.301 e. The molecule has 0 N–H and O–H groups in total. The lowest BCUT2D eigenvalue weighted by molar-refractivity contribution is 0.0152. The third-order valence-electron chi connectivity index (χ3n) is 1.03. The zero-order valence-electron chi connectivity index (χ0n) is 9.33. The summed E-state index contributed by atoms with van der Waals surface area (Å²) >= 11 is 0. The van der Waals surface area contributed by atoms with Gasteiger partial charge in [-0.1, -0.05) is 6.58 Å². The molecule has 0 aromatic heterocycles. The Labute approximate surface area is 87.4 Å². The summed E-state index contributed by atoms with van der Waals surface area (Å²) in [7, 11) is 0. The van der Waals surface area contributed by atoms with Crippen molar-refractivity contribution in [2.24, 2.45) is 0 Å². The van der Waals surface area contributed by atoms with E-state index in [9.17, 15) is 17.6 Å². The number of rotatable bonds is 3. The van der Waals surface area contributed by atoms with Gasteiger partial charge in [0.15, 0.2) is 5.83 Å². The van der Waals surface area contributed by atoms with E-state index in [0.717, 1.165) is 0 Å². The van der Waals surface area contributed by atoms with E-state index in [1.165, 1.54) is 0 Å². The highest BCUT2D eigenvalue weighted by Gasteiger charge is 2.17. The van der Waals surface area contributed by atoms with Crippen molar-refractivity contribution in [1.82, 2.24) is 0 Å². The quantitative estimate of drug-likeness (QED) is 0.515. The number of alkyl halides is 1. The summed E-state index contributed by atoms with van der Waals surface area (Å²) in [6, 6.07) is 0. The van der Waals surface area contributed by atoms with Gasteiger partial charge in [0, 0.05) is 0 Å². The lowest BCUT2D eigenvalue weighted by Gasteiger charge is -2.22. The first-order valence-electron chi connectivity index (χ1n) is 4.20. The molecule has 0 saturated carbocycles. The molecule has 0 aliphatic rings. The van der Waals surface area contributed by atoms with Crippen LogP contribution < -0.4 is 0 Å². The predicted octanol–water partition coefficient (Wildman–Crippen LogP) is 4.37. The molecule has 0 spiro atoms. The molecule has 5 heteroatoms. The average molecular weight is 228 g/mol. The normalized spacial score (nSPS) is 9.87. The summed E-state index contributed by atoms with van der Waals surface area (Å²) in [6.07, 6.45) is -2.24. The van der Waals surface area contributed by atoms with Crippen LogP contribution in [0.5, 0.6) is 0 Å². The minimum Gasteiger partial charge on any atom is -0.490 e. The van der Waals surface area contributed by atoms with Crippen molar-refractivity contribution in [3.63, 3.8) is 0 Å². The van der Waals surface area contributed by atoms with Crippen LogP contribution in [0.2, 0.25) is 0 Å². The molecule has 1 nitrogen and oxygen atoms in total. The fourth-order valence-electron chi connectivity index (χ4n) is 0.499. The molecule has 0 aromatic rings. The third kappa shape index (κ3) is 13.0. The van der Waals surface area contributed by atoms with Crippen LogP contribution in [0.1, 0.15) is 27.7 Å². The van der Waals surface area contributed by atoms with Crippen LogP contribution in [0.3, 0.4) is 0 Å². The highest BCUT2D eigenvalue weighted by Crippen LogP contribution is 2.12. The lowest BCUT2D eigenvalue weighted by atomic mass is 10.2. The molecule has 15 heavy (non-hydrogen) atoms. The number of hydrogen-bond acceptors (Lipinski definition) is 1. The Morgan fingerprint density at radius 2 is 1.53 bits per heavy atom. The van der Waals surface area contributed by atoms with Crippen molar-refractivity contribution in [2.45, 2.75) is 33.3 Å². The van der Waals surface area contributed by atoms with E-state index in [1.54, 1.807) is 20.8 Å². The molecule has 0 rings (SSSR count). The van der Waals surface area contributed by atoms with Crippen molar-refractivity contribution in [1.29, 1.82) is 0 Å². The lowest BCUT2D eigenvalue weighted by Crippen LogP contribution is -2.25. The summed E-state index contributed by atoms with van der Waals surface area (Å²) in [5.41, 5.74) is -0.703. The molecular formula is C10H16F4O. The summed E-state index contributed by atoms with van der Waals surface area (Å²) < 4.78 is 49.3. The summed E-state index contributed by atoms with van der Waals surface area (Å²) in [5.74, 6) is -0.854. The van der Waals surface area contributed by atoms with Crippen molar-refractivity contribution in [3.8, 4) is 0 Å². The molecule has 0 aliphatic carbocycles. The van der Waals surface area contributed by atoms with E-state index in [-0.39, 0.29) is 0 Å². The van der Waals surface area contributed by atoms with Gasteiger partial charge in [-0.3, -0.25) is 0 Å². The van der Waals surface area contributed by atoms with Gasteiger partial charge in [0.05, 0.1) is 5.76 Å². The molecule has 0 fully saturated rings. The second-order valence-electron chi connectivity index (χ2n) is 3.49. The first kappa shape index (κ1) is 16.4. The third-order valence-corrected chi connectivity index (χ3v) is 1.03. The minimum atomic E-state index is -2.24. The van der Waals surface area contributed by atoms with Gasteiger partial charge in [-0.05, 0) is 27.7 Å². The van der Waals surface area contributed by atoms with E-state index in [0.29, 0.717) is 12.7 Å². The molecule has 90 valence electrons. The van der Waals surface area contributed by atoms with Crippen LogP contribution in [0.15, 0.2) is 24.2 Å². The molecule has 0 saturated heterocycles. The first-order chi connectivity index (χ1) is 6.62. The van der Waals surface area contributed by atoms with Gasteiger partial charge < -0.3 is 4.74 Å². The monoisotopic (exact) mass is 228 g/mol. The average Bonchev–Trinajstić information content (AvgIpc) is 2.03. The van der Waals surface area contributed by atoms with E-state index in [1.807, 2.05) is 0 Å². The molecule has 0 aliphatic heterocycles. The molecular weight excluding hydrogens is 212 g/mol. The molecule has 0 radical (unpaired) electrons. The van der Waals surface area contributed by atoms with Crippen LogP contribution in [-0.2, 0) is 4.74 Å². The topological polar surface area (TPSA) is 9.23 Å². The largest absolute Gasteiger partial charge is 0.490 e. The van der Waals surface area contributed by atoms with Crippen molar-refractivity contribution in [3.05, 3.63) is 24.2 Å². The number of ether oxygens (including phenoxy) is 1. The molecule has 0 bridgehead atoms. The SMILES string of the molecule is C=C(C)OC(C)(C)CF.CC(F)=C(F)F. The summed E-state index contributed by atoms with van der Waals surface area (Å²) in [6.45, 7) is 8.79. The Balaban J connectivity index is 0. The predicted molar refractivity (Wildman–Crippen MR) is 52.0 cm³/mol. The fourth-order valence-corrected chi connectivity index (χ4v) is 0.499. The zero-order chi connectivity index (χ0) is 12.6. The van der Waals surface area contributed by atoms with Crippen LogP contribution in [-0.4, -0.2) is 12.3 Å². The van der Waals surface area contributed by atoms with Gasteiger partial charge >= 0.3 is 6.08 Å². The maximum atomic E-state index is 12.0.